The Morgan fingerprint density at radius 1 is 0.962 bits per heavy atom. The number of nitrogens with one attached hydrogen (secondary N) is 1. The molecule has 1 fully saturated rings. The second-order valence-corrected chi connectivity index (χ2v) is 8.48. The molecule has 1 heterocycles. The van der Waals surface area contributed by atoms with Crippen LogP contribution in [0.5, 0.6) is 0 Å². The van der Waals surface area contributed by atoms with Crippen LogP contribution in [0.2, 0.25) is 0 Å². The van der Waals surface area contributed by atoms with E-state index >= 15 is 0 Å². The van der Waals surface area contributed by atoms with E-state index in [4.69, 9.17) is 0 Å². The van der Waals surface area contributed by atoms with Crippen molar-refractivity contribution in [2.75, 3.05) is 17.8 Å². The Morgan fingerprint density at radius 3 is 2.27 bits per heavy atom. The van der Waals surface area contributed by atoms with E-state index in [1.165, 1.54) is 0 Å². The number of hydrogen-bond donors (Lipinski definition) is 1. The number of likely N-dealkylation sites (tertiary alicyclic amines) is 1. The van der Waals surface area contributed by atoms with E-state index in [1.807, 2.05) is 18.7 Å². The SMILES string of the molecule is Cc1ccc(S(=O)(=O)Nc2cc(C(=O)N3CCCCC3)ccc2C)cc1. The summed E-state index contributed by atoms with van der Waals surface area (Å²) in [7, 11) is -3.69. The first-order chi connectivity index (χ1) is 12.4. The molecule has 0 atom stereocenters. The van der Waals surface area contributed by atoms with Crippen LogP contribution in [0.1, 0.15) is 40.7 Å². The van der Waals surface area contributed by atoms with Gasteiger partial charge in [0.25, 0.3) is 15.9 Å². The lowest BCUT2D eigenvalue weighted by Gasteiger charge is -2.27. The number of hydrogen-bond acceptors (Lipinski definition) is 3. The Bertz CT molecular complexity index is 899. The molecule has 1 aliphatic heterocycles. The van der Waals surface area contributed by atoms with E-state index < -0.39 is 10.0 Å². The second-order valence-electron chi connectivity index (χ2n) is 6.80. The lowest BCUT2D eigenvalue weighted by molar-refractivity contribution is 0.0724. The minimum atomic E-state index is -3.69. The van der Waals surface area contributed by atoms with Gasteiger partial charge in [-0.25, -0.2) is 8.42 Å². The fourth-order valence-electron chi connectivity index (χ4n) is 3.07. The van der Waals surface area contributed by atoms with Gasteiger partial charge in [0.1, 0.15) is 0 Å². The van der Waals surface area contributed by atoms with Gasteiger partial charge in [0, 0.05) is 18.7 Å². The summed E-state index contributed by atoms with van der Waals surface area (Å²) in [5.74, 6) is -0.0412. The number of nitrogens with zero attached hydrogens (tertiary/aromatic N) is 1. The summed E-state index contributed by atoms with van der Waals surface area (Å²) in [6.45, 7) is 5.25. The molecule has 0 aromatic heterocycles. The van der Waals surface area contributed by atoms with Gasteiger partial charge < -0.3 is 4.90 Å². The number of rotatable bonds is 4. The quantitative estimate of drug-likeness (QED) is 0.889. The van der Waals surface area contributed by atoms with Gasteiger partial charge in [-0.15, -0.1) is 0 Å². The largest absolute Gasteiger partial charge is 0.339 e. The van der Waals surface area contributed by atoms with Crippen LogP contribution < -0.4 is 4.72 Å². The van der Waals surface area contributed by atoms with Gasteiger partial charge in [-0.1, -0.05) is 23.8 Å². The summed E-state index contributed by atoms with van der Waals surface area (Å²) in [4.78, 5) is 14.7. The van der Waals surface area contributed by atoms with E-state index in [0.717, 1.165) is 43.5 Å². The third-order valence-corrected chi connectivity index (χ3v) is 6.08. The van der Waals surface area contributed by atoms with E-state index in [0.29, 0.717) is 11.3 Å². The Hall–Kier alpha value is -2.34. The van der Waals surface area contributed by atoms with Crippen molar-refractivity contribution in [1.82, 2.24) is 4.90 Å². The third kappa shape index (κ3) is 4.07. The normalized spacial score (nSPS) is 14.9. The zero-order chi connectivity index (χ0) is 18.7. The zero-order valence-corrected chi connectivity index (χ0v) is 16.0. The standard InChI is InChI=1S/C20H24N2O3S/c1-15-6-10-18(11-7-15)26(24,25)21-19-14-17(9-8-16(19)2)20(23)22-12-4-3-5-13-22/h6-11,14,21H,3-5,12-13H2,1-2H3. The Morgan fingerprint density at radius 2 is 1.62 bits per heavy atom. The zero-order valence-electron chi connectivity index (χ0n) is 15.2. The van der Waals surface area contributed by atoms with Crippen LogP contribution in [0.25, 0.3) is 0 Å². The number of anilines is 1. The Balaban J connectivity index is 1.85. The molecule has 0 bridgehead atoms. The van der Waals surface area contributed by atoms with Crippen molar-refractivity contribution in [1.29, 1.82) is 0 Å². The molecule has 0 radical (unpaired) electrons. The molecule has 0 unspecified atom stereocenters. The number of piperidine rings is 1. The topological polar surface area (TPSA) is 66.5 Å². The van der Waals surface area contributed by atoms with Crippen molar-refractivity contribution in [3.63, 3.8) is 0 Å². The molecule has 0 aliphatic carbocycles. The molecule has 1 N–H and O–H groups in total. The molecule has 6 heteroatoms. The van der Waals surface area contributed by atoms with Gasteiger partial charge in [-0.2, -0.15) is 0 Å². The third-order valence-electron chi connectivity index (χ3n) is 4.70. The van der Waals surface area contributed by atoms with Gasteiger partial charge in [-0.3, -0.25) is 9.52 Å². The second kappa shape index (κ2) is 7.50. The van der Waals surface area contributed by atoms with Gasteiger partial charge in [0.05, 0.1) is 10.6 Å². The molecule has 2 aromatic rings. The van der Waals surface area contributed by atoms with Crippen LogP contribution in [0.4, 0.5) is 5.69 Å². The van der Waals surface area contributed by atoms with E-state index in [2.05, 4.69) is 4.72 Å². The maximum absolute atomic E-state index is 12.7. The van der Waals surface area contributed by atoms with Gasteiger partial charge in [0.2, 0.25) is 0 Å². The first-order valence-corrected chi connectivity index (χ1v) is 10.3. The molecule has 0 saturated carbocycles. The molecule has 26 heavy (non-hydrogen) atoms. The van der Waals surface area contributed by atoms with Gasteiger partial charge >= 0.3 is 0 Å². The smallest absolute Gasteiger partial charge is 0.261 e. The first-order valence-electron chi connectivity index (χ1n) is 8.86. The predicted molar refractivity (Wildman–Crippen MR) is 103 cm³/mol. The summed E-state index contributed by atoms with van der Waals surface area (Å²) in [5.41, 5.74) is 2.72. The number of sulfonamides is 1. The van der Waals surface area contributed by atoms with Crippen LogP contribution >= 0.6 is 0 Å². The van der Waals surface area contributed by atoms with Crippen LogP contribution in [-0.2, 0) is 10.0 Å². The van der Waals surface area contributed by atoms with Gasteiger partial charge in [0.15, 0.2) is 0 Å². The molecule has 3 rings (SSSR count). The molecule has 2 aromatic carbocycles. The first kappa shape index (κ1) is 18.5. The van der Waals surface area contributed by atoms with Crippen molar-refractivity contribution >= 4 is 21.6 Å². The van der Waals surface area contributed by atoms with Gasteiger partial charge in [-0.05, 0) is 62.9 Å². The van der Waals surface area contributed by atoms with Crippen molar-refractivity contribution < 1.29 is 13.2 Å². The Labute approximate surface area is 155 Å². The van der Waals surface area contributed by atoms with Crippen molar-refractivity contribution in [3.8, 4) is 0 Å². The fraction of sp³-hybridized carbons (Fsp3) is 0.350. The summed E-state index contributed by atoms with van der Waals surface area (Å²) >= 11 is 0. The number of carbonyl (C=O) groups is 1. The number of amides is 1. The highest BCUT2D eigenvalue weighted by Crippen LogP contribution is 2.23. The van der Waals surface area contributed by atoms with E-state index in [9.17, 15) is 13.2 Å². The van der Waals surface area contributed by atoms with E-state index in [-0.39, 0.29) is 10.8 Å². The summed E-state index contributed by atoms with van der Waals surface area (Å²) in [5, 5.41) is 0. The summed E-state index contributed by atoms with van der Waals surface area (Å²) in [6, 6.07) is 11.9. The average Bonchev–Trinajstić information content (AvgIpc) is 2.64. The van der Waals surface area contributed by atoms with Crippen molar-refractivity contribution in [3.05, 3.63) is 59.2 Å². The number of carbonyl (C=O) groups excluding carboxylic acids is 1. The number of benzene rings is 2. The lowest BCUT2D eigenvalue weighted by Crippen LogP contribution is -2.35. The summed E-state index contributed by atoms with van der Waals surface area (Å²) in [6.07, 6.45) is 3.19. The molecule has 1 amide bonds. The molecule has 1 saturated heterocycles. The highest BCUT2D eigenvalue weighted by atomic mass is 32.2. The van der Waals surface area contributed by atoms with Crippen molar-refractivity contribution in [2.45, 2.75) is 38.0 Å². The monoisotopic (exact) mass is 372 g/mol. The van der Waals surface area contributed by atoms with Crippen molar-refractivity contribution in [2.24, 2.45) is 0 Å². The fourth-order valence-corrected chi connectivity index (χ4v) is 4.19. The van der Waals surface area contributed by atoms with Crippen LogP contribution in [0.3, 0.4) is 0 Å². The minimum Gasteiger partial charge on any atom is -0.339 e. The maximum Gasteiger partial charge on any atom is 0.261 e. The molecular formula is C20H24N2O3S. The number of aryl methyl sites for hydroxylation is 2. The molecular weight excluding hydrogens is 348 g/mol. The lowest BCUT2D eigenvalue weighted by atomic mass is 10.1. The molecule has 5 nitrogen and oxygen atoms in total. The highest BCUT2D eigenvalue weighted by molar-refractivity contribution is 7.92. The predicted octanol–water partition coefficient (Wildman–Crippen LogP) is 3.73. The summed E-state index contributed by atoms with van der Waals surface area (Å²) < 4.78 is 27.9. The van der Waals surface area contributed by atoms with Crippen LogP contribution in [-0.4, -0.2) is 32.3 Å². The minimum absolute atomic E-state index is 0.0412. The average molecular weight is 372 g/mol. The molecule has 1 aliphatic rings. The van der Waals surface area contributed by atoms with E-state index in [1.54, 1.807) is 42.5 Å². The molecule has 138 valence electrons. The Kier molecular flexibility index (Phi) is 5.32. The highest BCUT2D eigenvalue weighted by Gasteiger charge is 2.20. The molecule has 0 spiro atoms. The van der Waals surface area contributed by atoms with Crippen LogP contribution in [0.15, 0.2) is 47.4 Å². The van der Waals surface area contributed by atoms with Crippen LogP contribution in [0, 0.1) is 13.8 Å². The maximum atomic E-state index is 12.7.